The van der Waals surface area contributed by atoms with E-state index in [9.17, 15) is 0 Å². The molecule has 2 aromatic rings. The van der Waals surface area contributed by atoms with Crippen LogP contribution in [0.15, 0.2) is 61.2 Å². The molecule has 186 valence electrons. The van der Waals surface area contributed by atoms with Gasteiger partial charge in [-0.2, -0.15) is 0 Å². The zero-order chi connectivity index (χ0) is 24.0. The molecule has 34 heavy (non-hydrogen) atoms. The van der Waals surface area contributed by atoms with Gasteiger partial charge in [-0.05, 0) is 54.9 Å². The molecule has 1 heterocycles. The van der Waals surface area contributed by atoms with Crippen LogP contribution in [0.5, 0.6) is 5.75 Å². The first-order valence-corrected chi connectivity index (χ1v) is 13.4. The Morgan fingerprint density at radius 2 is 1.59 bits per heavy atom. The minimum absolute atomic E-state index is 0.251. The van der Waals surface area contributed by atoms with Gasteiger partial charge in [-0.1, -0.05) is 88.4 Å². The molecule has 0 amide bonds. The second-order valence-corrected chi connectivity index (χ2v) is 9.80. The highest BCUT2D eigenvalue weighted by molar-refractivity contribution is 5.64. The molecule has 3 rings (SSSR count). The number of benzene rings is 2. The van der Waals surface area contributed by atoms with Crippen LogP contribution < -0.4 is 4.74 Å². The fourth-order valence-electron chi connectivity index (χ4n) is 4.37. The van der Waals surface area contributed by atoms with Gasteiger partial charge in [0.1, 0.15) is 5.75 Å². The Bertz CT molecular complexity index is 804. The summed E-state index contributed by atoms with van der Waals surface area (Å²) >= 11 is 0. The maximum atomic E-state index is 6.02. The normalized spacial score (nSPS) is 19.0. The van der Waals surface area contributed by atoms with Crippen molar-refractivity contribution in [3.8, 4) is 16.9 Å². The number of ether oxygens (including phenoxy) is 3. The van der Waals surface area contributed by atoms with Crippen LogP contribution in [0.25, 0.3) is 11.1 Å². The monoisotopic (exact) mass is 464 g/mol. The molecule has 3 heteroatoms. The summed E-state index contributed by atoms with van der Waals surface area (Å²) in [5.74, 6) is 2.30. The van der Waals surface area contributed by atoms with Crippen molar-refractivity contribution in [1.29, 1.82) is 0 Å². The van der Waals surface area contributed by atoms with Crippen LogP contribution in [-0.4, -0.2) is 19.8 Å². The Kier molecular flexibility index (Phi) is 11.7. The predicted octanol–water partition coefficient (Wildman–Crippen LogP) is 8.75. The van der Waals surface area contributed by atoms with Crippen LogP contribution in [0, 0.1) is 11.8 Å². The van der Waals surface area contributed by atoms with Crippen LogP contribution in [0.1, 0.15) is 83.5 Å². The van der Waals surface area contributed by atoms with E-state index >= 15 is 0 Å². The van der Waals surface area contributed by atoms with Crippen molar-refractivity contribution in [2.45, 2.75) is 77.9 Å². The Labute approximate surface area is 207 Å². The van der Waals surface area contributed by atoms with Crippen LogP contribution in [0.2, 0.25) is 0 Å². The summed E-state index contributed by atoms with van der Waals surface area (Å²) in [6.45, 7) is 10.8. The lowest BCUT2D eigenvalue weighted by molar-refractivity contribution is -0.206. The van der Waals surface area contributed by atoms with E-state index in [4.69, 9.17) is 14.2 Å². The molecule has 2 aromatic carbocycles. The molecule has 1 aliphatic rings. The molecular weight excluding hydrogens is 420 g/mol. The van der Waals surface area contributed by atoms with E-state index in [1.165, 1.54) is 49.7 Å². The zero-order valence-corrected chi connectivity index (χ0v) is 21.3. The first-order chi connectivity index (χ1) is 16.7. The van der Waals surface area contributed by atoms with E-state index in [2.05, 4.69) is 69.0 Å². The largest absolute Gasteiger partial charge is 0.494 e. The Morgan fingerprint density at radius 1 is 0.912 bits per heavy atom. The van der Waals surface area contributed by atoms with Crippen molar-refractivity contribution in [1.82, 2.24) is 0 Å². The highest BCUT2D eigenvalue weighted by atomic mass is 16.7. The van der Waals surface area contributed by atoms with E-state index < -0.39 is 0 Å². The molecule has 1 fully saturated rings. The summed E-state index contributed by atoms with van der Waals surface area (Å²) in [6, 6.07) is 17.0. The highest BCUT2D eigenvalue weighted by Crippen LogP contribution is 2.30. The molecular formula is C31H44O3. The van der Waals surface area contributed by atoms with Gasteiger partial charge < -0.3 is 14.2 Å². The van der Waals surface area contributed by atoms with Crippen molar-refractivity contribution in [3.63, 3.8) is 0 Å². The lowest BCUT2D eigenvalue weighted by Gasteiger charge is -2.29. The third-order valence-electron chi connectivity index (χ3n) is 6.91. The second kappa shape index (κ2) is 15.0. The molecule has 0 bridgehead atoms. The van der Waals surface area contributed by atoms with E-state index in [0.717, 1.165) is 56.3 Å². The Morgan fingerprint density at radius 3 is 2.24 bits per heavy atom. The number of rotatable bonds is 15. The van der Waals surface area contributed by atoms with Crippen LogP contribution in [0.4, 0.5) is 0 Å². The molecule has 0 radical (unpaired) electrons. The fourth-order valence-corrected chi connectivity index (χ4v) is 4.37. The first-order valence-electron chi connectivity index (χ1n) is 13.4. The minimum atomic E-state index is -0.251. The summed E-state index contributed by atoms with van der Waals surface area (Å²) in [7, 11) is 0. The zero-order valence-electron chi connectivity index (χ0n) is 21.3. The summed E-state index contributed by atoms with van der Waals surface area (Å²) in [5.41, 5.74) is 3.47. The van der Waals surface area contributed by atoms with Gasteiger partial charge in [0.15, 0.2) is 6.29 Å². The molecule has 0 N–H and O–H groups in total. The van der Waals surface area contributed by atoms with E-state index in [1.807, 2.05) is 6.08 Å². The first kappa shape index (κ1) is 26.5. The smallest absolute Gasteiger partial charge is 0.183 e. The summed E-state index contributed by atoms with van der Waals surface area (Å²) in [5, 5.41) is 0. The molecule has 1 aliphatic heterocycles. The van der Waals surface area contributed by atoms with E-state index in [1.54, 1.807) is 0 Å². The average Bonchev–Trinajstić information content (AvgIpc) is 2.89. The number of unbranched alkanes of at least 4 members (excludes halogenated alkanes) is 4. The number of hydrogen-bond donors (Lipinski definition) is 0. The number of hydrogen-bond acceptors (Lipinski definition) is 3. The van der Waals surface area contributed by atoms with E-state index in [-0.39, 0.29) is 6.29 Å². The van der Waals surface area contributed by atoms with Gasteiger partial charge in [-0.15, -0.1) is 6.58 Å². The van der Waals surface area contributed by atoms with Crippen molar-refractivity contribution >= 4 is 0 Å². The van der Waals surface area contributed by atoms with Crippen LogP contribution in [-0.2, 0) is 9.47 Å². The molecule has 0 aliphatic carbocycles. The Balaban J connectivity index is 1.38. The van der Waals surface area contributed by atoms with Crippen molar-refractivity contribution in [3.05, 3.63) is 66.7 Å². The summed E-state index contributed by atoms with van der Waals surface area (Å²) in [4.78, 5) is 0. The Hall–Kier alpha value is -2.10. The van der Waals surface area contributed by atoms with E-state index in [0.29, 0.717) is 5.92 Å². The SMILES string of the molecule is C=CCCCC[C@H]1CO[C@H](c2ccc(-c3ccc(OCCCCC[C@@H](C)CC)cc3)cc2)OC1. The molecule has 0 unspecified atom stereocenters. The number of allylic oxidation sites excluding steroid dienone is 1. The summed E-state index contributed by atoms with van der Waals surface area (Å²) in [6.07, 6.45) is 12.7. The average molecular weight is 465 g/mol. The van der Waals surface area contributed by atoms with Gasteiger partial charge in [0.25, 0.3) is 0 Å². The molecule has 1 atom stereocenters. The third kappa shape index (κ3) is 8.92. The van der Waals surface area contributed by atoms with Crippen molar-refractivity contribution < 1.29 is 14.2 Å². The van der Waals surface area contributed by atoms with Crippen LogP contribution in [0.3, 0.4) is 0 Å². The van der Waals surface area contributed by atoms with Gasteiger partial charge in [0, 0.05) is 11.5 Å². The molecule has 3 nitrogen and oxygen atoms in total. The highest BCUT2D eigenvalue weighted by Gasteiger charge is 2.23. The minimum Gasteiger partial charge on any atom is -0.494 e. The lowest BCUT2D eigenvalue weighted by Crippen LogP contribution is -2.27. The maximum absolute atomic E-state index is 6.02. The summed E-state index contributed by atoms with van der Waals surface area (Å²) < 4.78 is 18.0. The lowest BCUT2D eigenvalue weighted by atomic mass is 10.0. The van der Waals surface area contributed by atoms with Crippen molar-refractivity contribution in [2.24, 2.45) is 11.8 Å². The van der Waals surface area contributed by atoms with Gasteiger partial charge in [-0.3, -0.25) is 0 Å². The fraction of sp³-hybridized carbons (Fsp3) is 0.548. The van der Waals surface area contributed by atoms with Gasteiger partial charge in [0.05, 0.1) is 19.8 Å². The van der Waals surface area contributed by atoms with Crippen LogP contribution >= 0.6 is 0 Å². The second-order valence-electron chi connectivity index (χ2n) is 9.80. The topological polar surface area (TPSA) is 27.7 Å². The van der Waals surface area contributed by atoms with Gasteiger partial charge in [0.2, 0.25) is 0 Å². The van der Waals surface area contributed by atoms with Crippen molar-refractivity contribution in [2.75, 3.05) is 19.8 Å². The van der Waals surface area contributed by atoms with Gasteiger partial charge in [-0.25, -0.2) is 0 Å². The third-order valence-corrected chi connectivity index (χ3v) is 6.91. The quantitative estimate of drug-likeness (QED) is 0.195. The van der Waals surface area contributed by atoms with Gasteiger partial charge >= 0.3 is 0 Å². The maximum Gasteiger partial charge on any atom is 0.183 e. The predicted molar refractivity (Wildman–Crippen MR) is 142 cm³/mol. The molecule has 0 spiro atoms. The standard InChI is InChI=1S/C31H44O3/c1-4-6-7-10-13-26-23-33-31(34-24-26)29-16-14-27(15-17-29)28-18-20-30(21-19-28)32-22-11-8-9-12-25(3)5-2/h4,14-21,25-26,31H,1,5-13,22-24H2,2-3H3/t25-,26-,31-/m0/s1. The molecule has 0 saturated carbocycles. The molecule has 1 saturated heterocycles. The molecule has 0 aromatic heterocycles.